The molecule has 1 unspecified atom stereocenters. The Kier molecular flexibility index (Phi) is 4.28. The van der Waals surface area contributed by atoms with Crippen molar-refractivity contribution in [2.24, 2.45) is 0 Å². The van der Waals surface area contributed by atoms with E-state index in [2.05, 4.69) is 21.2 Å². The second kappa shape index (κ2) is 5.31. The predicted molar refractivity (Wildman–Crippen MR) is 67.7 cm³/mol. The van der Waals surface area contributed by atoms with Crippen molar-refractivity contribution >= 4 is 27.8 Å². The molecule has 0 saturated heterocycles. The van der Waals surface area contributed by atoms with Crippen LogP contribution in [0.5, 0.6) is 0 Å². The van der Waals surface area contributed by atoms with Gasteiger partial charge in [0.25, 0.3) is 0 Å². The first-order valence-electron chi connectivity index (χ1n) is 5.10. The van der Waals surface area contributed by atoms with Gasteiger partial charge in [0.1, 0.15) is 5.54 Å². The van der Waals surface area contributed by atoms with E-state index in [0.29, 0.717) is 0 Å². The van der Waals surface area contributed by atoms with E-state index in [-0.39, 0.29) is 12.3 Å². The molecule has 1 aromatic rings. The Balaban J connectivity index is 2.90. The lowest BCUT2D eigenvalue weighted by Crippen LogP contribution is -2.53. The Labute approximate surface area is 108 Å². The number of aliphatic carboxylic acids is 1. The highest BCUT2D eigenvalue weighted by atomic mass is 79.9. The normalized spacial score (nSPS) is 13.8. The molecule has 1 rings (SSSR count). The van der Waals surface area contributed by atoms with Gasteiger partial charge < -0.3 is 10.4 Å². The molecule has 1 atom stereocenters. The van der Waals surface area contributed by atoms with Gasteiger partial charge in [0.05, 0.1) is 0 Å². The van der Waals surface area contributed by atoms with Crippen LogP contribution >= 0.6 is 15.9 Å². The predicted octanol–water partition coefficient (Wildman–Crippen LogP) is 1.97. The molecule has 0 aliphatic rings. The van der Waals surface area contributed by atoms with Gasteiger partial charge in [-0.15, -0.1) is 0 Å². The van der Waals surface area contributed by atoms with Crippen molar-refractivity contribution in [2.45, 2.75) is 25.8 Å². The summed E-state index contributed by atoms with van der Waals surface area (Å²) in [7, 11) is 0. The number of carbonyl (C=O) groups is 2. The summed E-state index contributed by atoms with van der Waals surface area (Å²) in [5.74, 6) is -1.40. The summed E-state index contributed by atoms with van der Waals surface area (Å²) in [5.41, 5.74) is -0.425. The smallest absolute Gasteiger partial charge is 0.329 e. The van der Waals surface area contributed by atoms with Crippen LogP contribution < -0.4 is 5.32 Å². The van der Waals surface area contributed by atoms with Gasteiger partial charge >= 0.3 is 5.97 Å². The van der Waals surface area contributed by atoms with Crippen LogP contribution in [0.25, 0.3) is 0 Å². The molecule has 92 valence electrons. The maximum atomic E-state index is 11.2. The quantitative estimate of drug-likeness (QED) is 0.893. The number of rotatable bonds is 4. The first-order valence-corrected chi connectivity index (χ1v) is 5.89. The van der Waals surface area contributed by atoms with Crippen LogP contribution in [-0.4, -0.2) is 22.5 Å². The number of carboxylic acid groups (broad SMARTS) is 1. The first-order chi connectivity index (χ1) is 7.83. The van der Waals surface area contributed by atoms with Gasteiger partial charge in [0.15, 0.2) is 0 Å². The molecular weight excluding hydrogens is 286 g/mol. The van der Waals surface area contributed by atoms with Crippen LogP contribution in [0, 0.1) is 0 Å². The van der Waals surface area contributed by atoms with Gasteiger partial charge in [-0.05, 0) is 24.6 Å². The lowest BCUT2D eigenvalue weighted by atomic mass is 9.93. The van der Waals surface area contributed by atoms with Gasteiger partial charge in [-0.3, -0.25) is 4.79 Å². The lowest BCUT2D eigenvalue weighted by molar-refractivity contribution is -0.146. The van der Waals surface area contributed by atoms with Crippen molar-refractivity contribution in [3.8, 4) is 0 Å². The van der Waals surface area contributed by atoms with Gasteiger partial charge in [0.2, 0.25) is 5.91 Å². The van der Waals surface area contributed by atoms with Crippen molar-refractivity contribution < 1.29 is 14.7 Å². The van der Waals surface area contributed by atoms with Crippen molar-refractivity contribution in [3.63, 3.8) is 0 Å². The molecule has 0 spiro atoms. The molecular formula is C12H14BrNO3. The average molecular weight is 300 g/mol. The minimum Gasteiger partial charge on any atom is -0.480 e. The van der Waals surface area contributed by atoms with E-state index in [1.807, 2.05) is 24.3 Å². The average Bonchev–Trinajstić information content (AvgIpc) is 2.20. The van der Waals surface area contributed by atoms with Crippen LogP contribution in [0.1, 0.15) is 19.4 Å². The fourth-order valence-electron chi connectivity index (χ4n) is 1.57. The first kappa shape index (κ1) is 13.7. The van der Waals surface area contributed by atoms with E-state index >= 15 is 0 Å². The number of amides is 1. The van der Waals surface area contributed by atoms with Gasteiger partial charge in [-0.25, -0.2) is 4.79 Å². The Hall–Kier alpha value is -1.36. The molecule has 2 N–H and O–H groups in total. The largest absolute Gasteiger partial charge is 0.480 e. The third-order valence-corrected chi connectivity index (χ3v) is 2.92. The molecule has 1 aromatic carbocycles. The highest BCUT2D eigenvalue weighted by Crippen LogP contribution is 2.17. The molecule has 0 saturated carbocycles. The van der Waals surface area contributed by atoms with E-state index in [4.69, 9.17) is 0 Å². The standard InChI is InChI=1S/C12H14BrNO3/c1-8(15)14-12(2,11(16)17)7-9-3-5-10(13)6-4-9/h3-6H,7H2,1-2H3,(H,14,15)(H,16,17). The van der Waals surface area contributed by atoms with Crippen molar-refractivity contribution in [1.29, 1.82) is 0 Å². The topological polar surface area (TPSA) is 66.4 Å². The Bertz CT molecular complexity index is 430. The summed E-state index contributed by atoms with van der Waals surface area (Å²) in [6.07, 6.45) is 0.245. The van der Waals surface area contributed by atoms with Crippen LogP contribution in [0.15, 0.2) is 28.7 Å². The number of carboxylic acids is 1. The molecule has 0 radical (unpaired) electrons. The summed E-state index contributed by atoms with van der Waals surface area (Å²) in [6.45, 7) is 2.81. The fourth-order valence-corrected chi connectivity index (χ4v) is 1.84. The summed E-state index contributed by atoms with van der Waals surface area (Å²) >= 11 is 3.31. The summed E-state index contributed by atoms with van der Waals surface area (Å²) < 4.78 is 0.929. The minimum absolute atomic E-state index is 0.245. The minimum atomic E-state index is -1.28. The summed E-state index contributed by atoms with van der Waals surface area (Å²) in [6, 6.07) is 7.33. The zero-order valence-electron chi connectivity index (χ0n) is 9.66. The highest BCUT2D eigenvalue weighted by molar-refractivity contribution is 9.10. The maximum absolute atomic E-state index is 11.2. The Morgan fingerprint density at radius 1 is 1.35 bits per heavy atom. The van der Waals surface area contributed by atoms with Crippen LogP contribution in [0.3, 0.4) is 0 Å². The van der Waals surface area contributed by atoms with Crippen LogP contribution in [0.4, 0.5) is 0 Å². The van der Waals surface area contributed by atoms with E-state index < -0.39 is 11.5 Å². The van der Waals surface area contributed by atoms with E-state index in [0.717, 1.165) is 10.0 Å². The molecule has 5 heteroatoms. The van der Waals surface area contributed by atoms with Crippen molar-refractivity contribution in [1.82, 2.24) is 5.32 Å². The van der Waals surface area contributed by atoms with Gasteiger partial charge in [-0.2, -0.15) is 0 Å². The van der Waals surface area contributed by atoms with Crippen molar-refractivity contribution in [2.75, 3.05) is 0 Å². The monoisotopic (exact) mass is 299 g/mol. The second-order valence-corrected chi connectivity index (χ2v) is 5.04. The summed E-state index contributed by atoms with van der Waals surface area (Å²) in [5, 5.41) is 11.6. The van der Waals surface area contributed by atoms with Crippen molar-refractivity contribution in [3.05, 3.63) is 34.3 Å². The number of nitrogens with one attached hydrogen (secondary N) is 1. The van der Waals surface area contributed by atoms with E-state index in [1.54, 1.807) is 0 Å². The fraction of sp³-hybridized carbons (Fsp3) is 0.333. The van der Waals surface area contributed by atoms with Gasteiger partial charge in [0, 0.05) is 17.8 Å². The Morgan fingerprint density at radius 3 is 2.29 bits per heavy atom. The lowest BCUT2D eigenvalue weighted by Gasteiger charge is -2.25. The second-order valence-electron chi connectivity index (χ2n) is 4.12. The molecule has 0 aromatic heterocycles. The zero-order chi connectivity index (χ0) is 13.1. The molecule has 0 bridgehead atoms. The molecule has 0 aliphatic carbocycles. The highest BCUT2D eigenvalue weighted by Gasteiger charge is 2.34. The SMILES string of the molecule is CC(=O)NC(C)(Cc1ccc(Br)cc1)C(=O)O. The zero-order valence-corrected chi connectivity index (χ0v) is 11.2. The van der Waals surface area contributed by atoms with Crippen LogP contribution in [0.2, 0.25) is 0 Å². The maximum Gasteiger partial charge on any atom is 0.329 e. The van der Waals surface area contributed by atoms with Crippen LogP contribution in [-0.2, 0) is 16.0 Å². The molecule has 1 amide bonds. The van der Waals surface area contributed by atoms with Gasteiger partial charge in [-0.1, -0.05) is 28.1 Å². The van der Waals surface area contributed by atoms with E-state index in [1.165, 1.54) is 13.8 Å². The number of hydrogen-bond donors (Lipinski definition) is 2. The summed E-state index contributed by atoms with van der Waals surface area (Å²) in [4.78, 5) is 22.2. The van der Waals surface area contributed by atoms with E-state index in [9.17, 15) is 14.7 Å². The molecule has 0 heterocycles. The molecule has 17 heavy (non-hydrogen) atoms. The molecule has 0 aliphatic heterocycles. The Morgan fingerprint density at radius 2 is 1.88 bits per heavy atom. The third kappa shape index (κ3) is 3.85. The molecule has 4 nitrogen and oxygen atoms in total. The number of halogens is 1. The molecule has 0 fully saturated rings. The number of carbonyl (C=O) groups excluding carboxylic acids is 1. The number of hydrogen-bond acceptors (Lipinski definition) is 2. The third-order valence-electron chi connectivity index (χ3n) is 2.39. The number of benzene rings is 1.